The molecule has 0 aliphatic carbocycles. The van der Waals surface area contributed by atoms with E-state index in [1.54, 1.807) is 6.07 Å². The molecule has 3 rings (SSSR count). The van der Waals surface area contributed by atoms with E-state index in [1.807, 2.05) is 23.3 Å². The highest BCUT2D eigenvalue weighted by Gasteiger charge is 2.50. The van der Waals surface area contributed by atoms with Gasteiger partial charge in [-0.25, -0.2) is 9.86 Å². The van der Waals surface area contributed by atoms with E-state index >= 15 is 0 Å². The summed E-state index contributed by atoms with van der Waals surface area (Å²) in [6.07, 6.45) is 6.52. The zero-order chi connectivity index (χ0) is 27.4. The summed E-state index contributed by atoms with van der Waals surface area (Å²) >= 11 is 7.07. The van der Waals surface area contributed by atoms with Gasteiger partial charge in [-0.2, -0.15) is 0 Å². The molecule has 199 valence electrons. The van der Waals surface area contributed by atoms with E-state index in [0.717, 1.165) is 35.2 Å². The number of rotatable bonds is 9. The number of carbonyl (C=O) groups excluding carboxylic acids is 1. The molecule has 1 heterocycles. The molecule has 0 saturated carbocycles. The predicted molar refractivity (Wildman–Crippen MR) is 154 cm³/mol. The molecule has 0 N–H and O–H groups in total. The molecule has 1 aliphatic heterocycles. The van der Waals surface area contributed by atoms with Gasteiger partial charge in [0.15, 0.2) is 10.8 Å². The number of benzene rings is 2. The molecular formula is C30H40ClN2O3Si. The lowest BCUT2D eigenvalue weighted by Crippen LogP contribution is -2.52. The first-order valence-corrected chi connectivity index (χ1v) is 15.6. The van der Waals surface area contributed by atoms with Crippen LogP contribution in [0.3, 0.4) is 0 Å². The Kier molecular flexibility index (Phi) is 9.32. The Morgan fingerprint density at radius 3 is 2.32 bits per heavy atom. The lowest BCUT2D eigenvalue weighted by Gasteiger charge is -2.43. The lowest BCUT2D eigenvalue weighted by atomic mass is 9.90. The fourth-order valence-corrected chi connectivity index (χ4v) is 5.93. The number of methoxy groups -OCH3 is 1. The first-order chi connectivity index (χ1) is 17.4. The summed E-state index contributed by atoms with van der Waals surface area (Å²) in [6.45, 7) is 15.8. The molecule has 0 spiro atoms. The van der Waals surface area contributed by atoms with Crippen LogP contribution in [0.2, 0.25) is 13.1 Å². The third-order valence-electron chi connectivity index (χ3n) is 6.41. The molecule has 0 amide bonds. The quantitative estimate of drug-likeness (QED) is 0.140. The summed E-state index contributed by atoms with van der Waals surface area (Å²) in [5, 5.41) is 2.56. The number of hydrogen-bond donors (Lipinski definition) is 0. The van der Waals surface area contributed by atoms with Crippen molar-refractivity contribution in [3.63, 3.8) is 0 Å². The molecule has 2 aromatic carbocycles. The van der Waals surface area contributed by atoms with Crippen LogP contribution in [0.15, 0.2) is 71.5 Å². The van der Waals surface area contributed by atoms with Crippen molar-refractivity contribution in [1.29, 1.82) is 0 Å². The molecule has 0 bridgehead atoms. The molecule has 1 unspecified atom stereocenters. The van der Waals surface area contributed by atoms with Crippen molar-refractivity contribution in [2.75, 3.05) is 7.11 Å². The highest BCUT2D eigenvalue weighted by atomic mass is 35.5. The second-order valence-electron chi connectivity index (χ2n) is 10.8. The van der Waals surface area contributed by atoms with Crippen LogP contribution in [-0.4, -0.2) is 37.7 Å². The molecule has 0 saturated heterocycles. The summed E-state index contributed by atoms with van der Waals surface area (Å²) in [5.74, 6) is -0.339. The Morgan fingerprint density at radius 1 is 1.11 bits per heavy atom. The predicted octanol–water partition coefficient (Wildman–Crippen LogP) is 7.97. The Balaban J connectivity index is 2.02. The number of esters is 1. The van der Waals surface area contributed by atoms with Crippen molar-refractivity contribution in [3.05, 3.63) is 82.7 Å². The maximum atomic E-state index is 12.3. The number of allylic oxidation sites excluding steroid dienone is 2. The van der Waals surface area contributed by atoms with E-state index in [-0.39, 0.29) is 11.4 Å². The Bertz CT molecular complexity index is 1150. The van der Waals surface area contributed by atoms with Gasteiger partial charge in [0.2, 0.25) is 9.04 Å². The number of nitrogens with zero attached hydrogens (tertiary/aromatic N) is 2. The van der Waals surface area contributed by atoms with Crippen molar-refractivity contribution >= 4 is 26.6 Å². The molecule has 37 heavy (non-hydrogen) atoms. The third kappa shape index (κ3) is 6.31. The van der Waals surface area contributed by atoms with E-state index in [0.29, 0.717) is 17.3 Å². The second kappa shape index (κ2) is 11.9. The van der Waals surface area contributed by atoms with Gasteiger partial charge < -0.3 is 14.2 Å². The fourth-order valence-electron chi connectivity index (χ4n) is 4.64. The van der Waals surface area contributed by atoms with Gasteiger partial charge in [-0.05, 0) is 55.3 Å². The van der Waals surface area contributed by atoms with Gasteiger partial charge in [-0.1, -0.05) is 94.3 Å². The first-order valence-electron chi connectivity index (χ1n) is 12.8. The largest absolute Gasteiger partial charge is 0.465 e. The monoisotopic (exact) mass is 539 g/mol. The standard InChI is InChI=1S/C30H40ClN2O3Si/c1-9-10-13-20-30(5)32(26(29(2,3)4)27(31)33(30)36-37(7)8)21-22-16-18-23(19-17-22)24-14-11-12-15-25(24)28(34)35-6/h11-20H,9-10,21H2,1-8H3. The van der Waals surface area contributed by atoms with Gasteiger partial charge in [-0.3, -0.25) is 0 Å². The van der Waals surface area contributed by atoms with Gasteiger partial charge in [0.25, 0.3) is 0 Å². The lowest BCUT2D eigenvalue weighted by molar-refractivity contribution is -0.119. The van der Waals surface area contributed by atoms with E-state index in [2.05, 4.69) is 89.0 Å². The van der Waals surface area contributed by atoms with Gasteiger partial charge in [-0.15, -0.1) is 0 Å². The molecule has 7 heteroatoms. The summed E-state index contributed by atoms with van der Waals surface area (Å²) in [6, 6.07) is 15.9. The molecule has 1 aliphatic rings. The molecule has 1 radical (unpaired) electrons. The average molecular weight is 540 g/mol. The van der Waals surface area contributed by atoms with E-state index in [1.165, 1.54) is 7.11 Å². The molecule has 0 fully saturated rings. The Hall–Kier alpha value is -2.54. The second-order valence-corrected chi connectivity index (χ2v) is 13.1. The Morgan fingerprint density at radius 2 is 1.76 bits per heavy atom. The van der Waals surface area contributed by atoms with Crippen LogP contribution in [0, 0.1) is 5.41 Å². The van der Waals surface area contributed by atoms with Crippen LogP contribution < -0.4 is 0 Å². The smallest absolute Gasteiger partial charge is 0.338 e. The minimum atomic E-state index is -1.05. The number of unbranched alkanes of at least 4 members (excludes halogenated alkanes) is 1. The average Bonchev–Trinajstić information content (AvgIpc) is 3.05. The minimum absolute atomic E-state index is 0.192. The van der Waals surface area contributed by atoms with E-state index < -0.39 is 14.7 Å². The highest BCUT2D eigenvalue weighted by Crippen LogP contribution is 2.48. The number of hydroxylamine groups is 2. The van der Waals surface area contributed by atoms with Gasteiger partial charge >= 0.3 is 5.97 Å². The van der Waals surface area contributed by atoms with Gasteiger partial charge in [0.1, 0.15) is 0 Å². The van der Waals surface area contributed by atoms with E-state index in [4.69, 9.17) is 20.9 Å². The summed E-state index contributed by atoms with van der Waals surface area (Å²) in [4.78, 5) is 14.6. The minimum Gasteiger partial charge on any atom is -0.465 e. The molecule has 2 aromatic rings. The fraction of sp³-hybridized carbons (Fsp3) is 0.433. The van der Waals surface area contributed by atoms with Crippen LogP contribution in [0.25, 0.3) is 11.1 Å². The van der Waals surface area contributed by atoms with E-state index in [9.17, 15) is 4.79 Å². The van der Waals surface area contributed by atoms with Crippen LogP contribution in [-0.2, 0) is 15.8 Å². The summed E-state index contributed by atoms with van der Waals surface area (Å²) in [7, 11) is 0.353. The third-order valence-corrected chi connectivity index (χ3v) is 7.29. The number of halogens is 1. The topological polar surface area (TPSA) is 42.0 Å². The Labute approximate surface area is 229 Å². The van der Waals surface area contributed by atoms with Gasteiger partial charge in [0, 0.05) is 12.0 Å². The first kappa shape index (κ1) is 29.0. The SMILES string of the molecule is CCCC=CC1(C)N(Cc2ccc(-c3ccccc3C(=O)OC)cc2)C(C(C)(C)C)=C(Cl)N1O[Si](C)C. The molecule has 0 aromatic heterocycles. The van der Waals surface area contributed by atoms with Crippen molar-refractivity contribution in [3.8, 4) is 11.1 Å². The summed E-state index contributed by atoms with van der Waals surface area (Å²) in [5.41, 5.74) is 3.82. The number of ether oxygens (including phenoxy) is 1. The zero-order valence-electron chi connectivity index (χ0n) is 23.4. The van der Waals surface area contributed by atoms with Crippen molar-refractivity contribution < 1.29 is 14.1 Å². The number of hydrogen-bond acceptors (Lipinski definition) is 5. The van der Waals surface area contributed by atoms with Crippen LogP contribution in [0.1, 0.15) is 63.4 Å². The summed E-state index contributed by atoms with van der Waals surface area (Å²) < 4.78 is 11.4. The van der Waals surface area contributed by atoms with Crippen molar-refractivity contribution in [1.82, 2.24) is 9.96 Å². The zero-order valence-corrected chi connectivity index (χ0v) is 25.1. The highest BCUT2D eigenvalue weighted by molar-refractivity contribution is 6.48. The van der Waals surface area contributed by atoms with Crippen LogP contribution >= 0.6 is 11.6 Å². The van der Waals surface area contributed by atoms with Crippen molar-refractivity contribution in [2.45, 2.75) is 72.8 Å². The number of carbonyl (C=O) groups is 1. The van der Waals surface area contributed by atoms with Gasteiger partial charge in [0.05, 0.1) is 18.4 Å². The van der Waals surface area contributed by atoms with Crippen LogP contribution in [0.4, 0.5) is 0 Å². The van der Waals surface area contributed by atoms with Crippen LogP contribution in [0.5, 0.6) is 0 Å². The molecular weight excluding hydrogens is 500 g/mol. The molecule has 5 nitrogen and oxygen atoms in total. The molecule has 1 atom stereocenters. The maximum Gasteiger partial charge on any atom is 0.338 e. The van der Waals surface area contributed by atoms with Crippen molar-refractivity contribution in [2.24, 2.45) is 5.41 Å². The normalized spacial score (nSPS) is 18.4. The maximum absolute atomic E-state index is 12.3.